The molecule has 0 spiro atoms. The van der Waals surface area contributed by atoms with Gasteiger partial charge in [0.2, 0.25) is 0 Å². The summed E-state index contributed by atoms with van der Waals surface area (Å²) in [6, 6.07) is 6.51. The Balaban J connectivity index is 2.20. The van der Waals surface area contributed by atoms with E-state index in [9.17, 15) is 0 Å². The fourth-order valence-corrected chi connectivity index (χ4v) is 2.83. The molecule has 0 amide bonds. The average Bonchev–Trinajstić information content (AvgIpc) is 2.68. The van der Waals surface area contributed by atoms with E-state index >= 15 is 0 Å². The standard InChI is InChI=1S/C14H15BrN2/c1-17-9-13(10-4-6-16-7-5-10)12-3-2-11(15)8-14(12)17/h2-4,8-9,16H,5-7H2,1H3. The van der Waals surface area contributed by atoms with E-state index in [1.165, 1.54) is 22.0 Å². The maximum Gasteiger partial charge on any atom is 0.0495 e. The molecule has 1 aromatic heterocycles. The van der Waals surface area contributed by atoms with Gasteiger partial charge in [-0.25, -0.2) is 0 Å². The predicted molar refractivity (Wildman–Crippen MR) is 76.1 cm³/mol. The summed E-state index contributed by atoms with van der Waals surface area (Å²) in [5.41, 5.74) is 4.14. The molecular formula is C14H15BrN2. The van der Waals surface area contributed by atoms with E-state index < -0.39 is 0 Å². The molecule has 88 valence electrons. The molecule has 2 heterocycles. The summed E-state index contributed by atoms with van der Waals surface area (Å²) in [7, 11) is 2.11. The van der Waals surface area contributed by atoms with Crippen molar-refractivity contribution in [3.8, 4) is 0 Å². The monoisotopic (exact) mass is 290 g/mol. The lowest BCUT2D eigenvalue weighted by Gasteiger charge is -2.13. The van der Waals surface area contributed by atoms with Crippen molar-refractivity contribution >= 4 is 32.4 Å². The first-order chi connectivity index (χ1) is 8.25. The van der Waals surface area contributed by atoms with Crippen LogP contribution in [0.1, 0.15) is 12.0 Å². The van der Waals surface area contributed by atoms with Crippen LogP contribution in [-0.4, -0.2) is 17.7 Å². The zero-order valence-corrected chi connectivity index (χ0v) is 11.4. The topological polar surface area (TPSA) is 17.0 Å². The van der Waals surface area contributed by atoms with Gasteiger partial charge in [0.05, 0.1) is 0 Å². The second-order valence-electron chi connectivity index (χ2n) is 4.50. The Labute approximate surface area is 109 Å². The molecule has 3 rings (SSSR count). The van der Waals surface area contributed by atoms with Gasteiger partial charge in [-0.3, -0.25) is 0 Å². The van der Waals surface area contributed by atoms with Crippen LogP contribution < -0.4 is 5.32 Å². The summed E-state index contributed by atoms with van der Waals surface area (Å²) < 4.78 is 3.34. The van der Waals surface area contributed by atoms with E-state index in [4.69, 9.17) is 0 Å². The van der Waals surface area contributed by atoms with Crippen molar-refractivity contribution in [2.45, 2.75) is 6.42 Å². The third kappa shape index (κ3) is 1.94. The molecule has 0 saturated heterocycles. The van der Waals surface area contributed by atoms with Gasteiger partial charge in [-0.15, -0.1) is 0 Å². The number of nitrogens with one attached hydrogen (secondary N) is 1. The Kier molecular flexibility index (Phi) is 2.81. The summed E-state index contributed by atoms with van der Waals surface area (Å²) >= 11 is 3.53. The molecule has 0 atom stereocenters. The maximum absolute atomic E-state index is 3.53. The van der Waals surface area contributed by atoms with Crippen LogP contribution in [0.15, 0.2) is 34.9 Å². The van der Waals surface area contributed by atoms with Crippen LogP contribution in [-0.2, 0) is 7.05 Å². The molecule has 3 heteroatoms. The third-order valence-corrected chi connectivity index (χ3v) is 3.86. The van der Waals surface area contributed by atoms with Gasteiger partial charge in [-0.1, -0.05) is 28.1 Å². The smallest absolute Gasteiger partial charge is 0.0495 e. The highest BCUT2D eigenvalue weighted by Crippen LogP contribution is 2.30. The van der Waals surface area contributed by atoms with Crippen molar-refractivity contribution in [3.63, 3.8) is 0 Å². The van der Waals surface area contributed by atoms with Gasteiger partial charge in [-0.05, 0) is 30.7 Å². The molecule has 2 nitrogen and oxygen atoms in total. The van der Waals surface area contributed by atoms with Gasteiger partial charge in [0.25, 0.3) is 0 Å². The molecule has 0 unspecified atom stereocenters. The molecule has 1 aliphatic heterocycles. The average molecular weight is 291 g/mol. The largest absolute Gasteiger partial charge is 0.350 e. The van der Waals surface area contributed by atoms with Crippen molar-refractivity contribution in [3.05, 3.63) is 40.5 Å². The number of aryl methyl sites for hydroxylation is 1. The second kappa shape index (κ2) is 4.31. The van der Waals surface area contributed by atoms with E-state index in [1.807, 2.05) is 0 Å². The minimum atomic E-state index is 0.988. The molecule has 0 bridgehead atoms. The first-order valence-electron chi connectivity index (χ1n) is 5.90. The van der Waals surface area contributed by atoms with Crippen LogP contribution in [0.2, 0.25) is 0 Å². The van der Waals surface area contributed by atoms with Gasteiger partial charge >= 0.3 is 0 Å². The van der Waals surface area contributed by atoms with Gasteiger partial charge in [-0.2, -0.15) is 0 Å². The molecule has 1 aliphatic rings. The van der Waals surface area contributed by atoms with Gasteiger partial charge in [0, 0.05) is 40.7 Å². The first-order valence-corrected chi connectivity index (χ1v) is 6.70. The summed E-state index contributed by atoms with van der Waals surface area (Å²) in [4.78, 5) is 0. The number of rotatable bonds is 1. The molecule has 0 radical (unpaired) electrons. The lowest BCUT2D eigenvalue weighted by atomic mass is 10.00. The minimum absolute atomic E-state index is 0.988. The van der Waals surface area contributed by atoms with Crippen molar-refractivity contribution in [1.82, 2.24) is 9.88 Å². The number of hydrogen-bond acceptors (Lipinski definition) is 1. The van der Waals surface area contributed by atoms with Crippen LogP contribution in [0.3, 0.4) is 0 Å². The third-order valence-electron chi connectivity index (χ3n) is 3.36. The fourth-order valence-electron chi connectivity index (χ4n) is 2.48. The zero-order valence-electron chi connectivity index (χ0n) is 9.83. The second-order valence-corrected chi connectivity index (χ2v) is 5.41. The van der Waals surface area contributed by atoms with Crippen LogP contribution >= 0.6 is 15.9 Å². The van der Waals surface area contributed by atoms with E-state index in [2.05, 4.69) is 63.3 Å². The predicted octanol–water partition coefficient (Wildman–Crippen LogP) is 3.32. The van der Waals surface area contributed by atoms with E-state index in [0.717, 1.165) is 24.0 Å². The Hall–Kier alpha value is -1.06. The number of benzene rings is 1. The summed E-state index contributed by atoms with van der Waals surface area (Å²) in [6.45, 7) is 2.07. The lowest BCUT2D eigenvalue weighted by molar-refractivity contribution is 0.738. The highest BCUT2D eigenvalue weighted by Gasteiger charge is 2.12. The number of halogens is 1. The minimum Gasteiger partial charge on any atom is -0.350 e. The van der Waals surface area contributed by atoms with Crippen molar-refractivity contribution in [2.75, 3.05) is 13.1 Å². The highest BCUT2D eigenvalue weighted by atomic mass is 79.9. The van der Waals surface area contributed by atoms with E-state index in [-0.39, 0.29) is 0 Å². The van der Waals surface area contributed by atoms with Crippen LogP contribution in [0.25, 0.3) is 16.5 Å². The Morgan fingerprint density at radius 2 is 2.24 bits per heavy atom. The molecule has 0 saturated carbocycles. The lowest BCUT2D eigenvalue weighted by Crippen LogP contribution is -2.19. The summed E-state index contributed by atoms with van der Waals surface area (Å²) in [6.07, 6.45) is 5.67. The van der Waals surface area contributed by atoms with Gasteiger partial charge in [0.15, 0.2) is 0 Å². The molecule has 0 aliphatic carbocycles. The molecule has 0 fully saturated rings. The Morgan fingerprint density at radius 3 is 3.00 bits per heavy atom. The van der Waals surface area contributed by atoms with Crippen LogP contribution in [0.5, 0.6) is 0 Å². The van der Waals surface area contributed by atoms with E-state index in [1.54, 1.807) is 0 Å². The number of nitrogens with zero attached hydrogens (tertiary/aromatic N) is 1. The Bertz CT molecular complexity index is 596. The molecule has 17 heavy (non-hydrogen) atoms. The fraction of sp³-hybridized carbons (Fsp3) is 0.286. The number of fused-ring (bicyclic) bond motifs is 1. The Morgan fingerprint density at radius 1 is 1.35 bits per heavy atom. The van der Waals surface area contributed by atoms with E-state index in [0.29, 0.717) is 0 Å². The van der Waals surface area contributed by atoms with Crippen molar-refractivity contribution < 1.29 is 0 Å². The molecule has 1 N–H and O–H groups in total. The molecular weight excluding hydrogens is 276 g/mol. The highest BCUT2D eigenvalue weighted by molar-refractivity contribution is 9.10. The quantitative estimate of drug-likeness (QED) is 0.853. The number of hydrogen-bond donors (Lipinski definition) is 1. The maximum atomic E-state index is 3.53. The zero-order chi connectivity index (χ0) is 11.8. The van der Waals surface area contributed by atoms with Crippen molar-refractivity contribution in [1.29, 1.82) is 0 Å². The number of aromatic nitrogens is 1. The summed E-state index contributed by atoms with van der Waals surface area (Å²) in [5, 5.41) is 4.71. The summed E-state index contributed by atoms with van der Waals surface area (Å²) in [5.74, 6) is 0. The van der Waals surface area contributed by atoms with Crippen LogP contribution in [0.4, 0.5) is 0 Å². The van der Waals surface area contributed by atoms with Gasteiger partial charge < -0.3 is 9.88 Å². The first kappa shape index (κ1) is 11.1. The van der Waals surface area contributed by atoms with Crippen molar-refractivity contribution in [2.24, 2.45) is 7.05 Å². The molecule has 2 aromatic rings. The SMILES string of the molecule is Cn1cc(C2=CCNCC2)c2ccc(Br)cc21. The normalized spacial score (nSPS) is 16.2. The van der Waals surface area contributed by atoms with Gasteiger partial charge in [0.1, 0.15) is 0 Å². The van der Waals surface area contributed by atoms with Crippen LogP contribution in [0, 0.1) is 0 Å². The molecule has 1 aromatic carbocycles.